The third-order valence-electron chi connectivity index (χ3n) is 6.11. The maximum atomic E-state index is 12.9. The van der Waals surface area contributed by atoms with Crippen LogP contribution in [0.15, 0.2) is 42.0 Å². The zero-order valence-electron chi connectivity index (χ0n) is 19.3. The second-order valence-corrected chi connectivity index (χ2v) is 8.98. The van der Waals surface area contributed by atoms with Crippen LogP contribution in [0.3, 0.4) is 0 Å². The lowest BCUT2D eigenvalue weighted by molar-refractivity contribution is 0.100. The predicted octanol–water partition coefficient (Wildman–Crippen LogP) is 4.41. The summed E-state index contributed by atoms with van der Waals surface area (Å²) in [4.78, 5) is 17.8. The van der Waals surface area contributed by atoms with Crippen molar-refractivity contribution in [2.24, 2.45) is 0 Å². The number of halogens is 1. The van der Waals surface area contributed by atoms with Gasteiger partial charge in [0.1, 0.15) is 12.4 Å². The Labute approximate surface area is 200 Å². The van der Waals surface area contributed by atoms with Gasteiger partial charge in [0.25, 0.3) is 0 Å². The van der Waals surface area contributed by atoms with Gasteiger partial charge in [0.05, 0.1) is 19.3 Å². The van der Waals surface area contributed by atoms with Crippen LogP contribution in [0, 0.1) is 0 Å². The molecule has 1 fully saturated rings. The van der Waals surface area contributed by atoms with Crippen LogP contribution in [0.5, 0.6) is 17.2 Å². The average molecular weight is 471 g/mol. The number of piperazine rings is 1. The van der Waals surface area contributed by atoms with Crippen LogP contribution in [0.1, 0.15) is 28.8 Å². The van der Waals surface area contributed by atoms with Crippen molar-refractivity contribution in [3.63, 3.8) is 0 Å². The van der Waals surface area contributed by atoms with Crippen LogP contribution in [0.25, 0.3) is 6.08 Å². The molecule has 0 atom stereocenters. The number of methoxy groups -OCH3 is 1. The molecule has 0 spiro atoms. The fraction of sp³-hybridized carbons (Fsp3) is 0.423. The number of nitrogens with zero attached hydrogens (tertiary/aromatic N) is 2. The Balaban J connectivity index is 1.33. The summed E-state index contributed by atoms with van der Waals surface area (Å²) >= 11 is 6.05. The lowest BCUT2D eigenvalue weighted by Gasteiger charge is -2.32. The summed E-state index contributed by atoms with van der Waals surface area (Å²) in [6, 6.07) is 10.8. The minimum atomic E-state index is -0.0709. The number of carbonyl (C=O) groups excluding carboxylic acids is 1. The number of carbonyl (C=O) groups is 1. The van der Waals surface area contributed by atoms with Gasteiger partial charge in [-0.05, 0) is 68.4 Å². The van der Waals surface area contributed by atoms with E-state index in [0.717, 1.165) is 51.1 Å². The van der Waals surface area contributed by atoms with Crippen LogP contribution < -0.4 is 14.2 Å². The highest BCUT2D eigenvalue weighted by Gasteiger charge is 2.23. The van der Waals surface area contributed by atoms with E-state index in [4.69, 9.17) is 25.8 Å². The number of benzene rings is 2. The van der Waals surface area contributed by atoms with Crippen LogP contribution >= 0.6 is 11.6 Å². The molecule has 0 amide bonds. The summed E-state index contributed by atoms with van der Waals surface area (Å²) in [5, 5.41) is 0.513. The molecule has 2 heterocycles. The van der Waals surface area contributed by atoms with Gasteiger partial charge < -0.3 is 24.0 Å². The number of ketones is 1. The van der Waals surface area contributed by atoms with E-state index in [2.05, 4.69) is 16.8 Å². The van der Waals surface area contributed by atoms with E-state index >= 15 is 0 Å². The maximum absolute atomic E-state index is 12.9. The lowest BCUT2D eigenvalue weighted by Crippen LogP contribution is -2.44. The summed E-state index contributed by atoms with van der Waals surface area (Å²) in [6.45, 7) is 6.58. The molecule has 0 radical (unpaired) electrons. The number of unbranched alkanes of at least 4 members (excludes halogenated alkanes) is 1. The molecule has 0 aliphatic carbocycles. The number of Topliss-reactive ketones (excluding diaryl/α,β-unsaturated/α-hetero) is 1. The van der Waals surface area contributed by atoms with Crippen LogP contribution in [-0.4, -0.2) is 75.7 Å². The molecular formula is C26H31ClN2O4. The molecule has 2 aromatic carbocycles. The first-order valence-electron chi connectivity index (χ1n) is 11.4. The second-order valence-electron chi connectivity index (χ2n) is 8.54. The number of fused-ring (bicyclic) bond motifs is 1. The van der Waals surface area contributed by atoms with Gasteiger partial charge in [-0.3, -0.25) is 4.79 Å². The predicted molar refractivity (Wildman–Crippen MR) is 131 cm³/mol. The fourth-order valence-electron chi connectivity index (χ4n) is 4.09. The highest BCUT2D eigenvalue weighted by atomic mass is 35.5. The molecule has 0 aromatic heterocycles. The van der Waals surface area contributed by atoms with Gasteiger partial charge in [-0.1, -0.05) is 17.7 Å². The second kappa shape index (κ2) is 11.1. The number of hydrogen-bond acceptors (Lipinski definition) is 6. The molecule has 176 valence electrons. The van der Waals surface area contributed by atoms with Crippen molar-refractivity contribution in [2.45, 2.75) is 12.8 Å². The van der Waals surface area contributed by atoms with Gasteiger partial charge >= 0.3 is 0 Å². The molecule has 0 saturated carbocycles. The third kappa shape index (κ3) is 6.08. The van der Waals surface area contributed by atoms with Gasteiger partial charge in [-0.15, -0.1) is 0 Å². The number of hydrogen-bond donors (Lipinski definition) is 0. The molecule has 0 unspecified atom stereocenters. The molecule has 2 aromatic rings. The SMILES string of the molecule is COc1cc(C=C2COc3ccc(Cl)cc3C2=O)ccc1OCCCCN1CCN(C)CC1. The van der Waals surface area contributed by atoms with E-state index in [0.29, 0.717) is 40.0 Å². The first-order chi connectivity index (χ1) is 16.0. The van der Waals surface area contributed by atoms with Gasteiger partial charge in [0.2, 0.25) is 0 Å². The largest absolute Gasteiger partial charge is 0.493 e. The van der Waals surface area contributed by atoms with E-state index in [1.807, 2.05) is 24.3 Å². The molecule has 4 rings (SSSR count). The molecule has 6 nitrogen and oxygen atoms in total. The van der Waals surface area contributed by atoms with Crippen molar-refractivity contribution in [3.8, 4) is 17.2 Å². The zero-order valence-corrected chi connectivity index (χ0v) is 20.1. The third-order valence-corrected chi connectivity index (χ3v) is 6.35. The molecule has 0 N–H and O–H groups in total. The Morgan fingerprint density at radius 3 is 2.67 bits per heavy atom. The monoisotopic (exact) mass is 470 g/mol. The van der Waals surface area contributed by atoms with Crippen molar-refractivity contribution < 1.29 is 19.0 Å². The number of ether oxygens (including phenoxy) is 3. The van der Waals surface area contributed by atoms with Crippen LogP contribution in [0.2, 0.25) is 5.02 Å². The molecule has 1 saturated heterocycles. The Morgan fingerprint density at radius 1 is 1.06 bits per heavy atom. The van der Waals surface area contributed by atoms with E-state index in [1.54, 1.807) is 25.3 Å². The molecule has 7 heteroatoms. The quantitative estimate of drug-likeness (QED) is 0.420. The van der Waals surface area contributed by atoms with E-state index in [1.165, 1.54) is 0 Å². The Morgan fingerprint density at radius 2 is 1.88 bits per heavy atom. The number of rotatable bonds is 8. The normalized spacial score (nSPS) is 18.2. The van der Waals surface area contributed by atoms with Gasteiger partial charge in [0.15, 0.2) is 17.3 Å². The summed E-state index contributed by atoms with van der Waals surface area (Å²) < 4.78 is 17.2. The highest BCUT2D eigenvalue weighted by molar-refractivity contribution is 6.31. The molecule has 33 heavy (non-hydrogen) atoms. The Kier molecular flexibility index (Phi) is 7.91. The van der Waals surface area contributed by atoms with Crippen molar-refractivity contribution in [1.82, 2.24) is 9.80 Å². The topological polar surface area (TPSA) is 51.2 Å². The Bertz CT molecular complexity index is 1020. The Hall–Kier alpha value is -2.54. The smallest absolute Gasteiger partial charge is 0.196 e. The summed E-state index contributed by atoms with van der Waals surface area (Å²) in [6.07, 6.45) is 3.94. The van der Waals surface area contributed by atoms with Crippen molar-refractivity contribution in [1.29, 1.82) is 0 Å². The summed E-state index contributed by atoms with van der Waals surface area (Å²) in [5.74, 6) is 1.85. The fourth-order valence-corrected chi connectivity index (χ4v) is 4.26. The van der Waals surface area contributed by atoms with Crippen LogP contribution in [-0.2, 0) is 0 Å². The lowest BCUT2D eigenvalue weighted by atomic mass is 9.98. The maximum Gasteiger partial charge on any atom is 0.196 e. The minimum Gasteiger partial charge on any atom is -0.493 e. The highest BCUT2D eigenvalue weighted by Crippen LogP contribution is 2.32. The van der Waals surface area contributed by atoms with Crippen molar-refractivity contribution in [2.75, 3.05) is 60.1 Å². The van der Waals surface area contributed by atoms with E-state index in [9.17, 15) is 4.79 Å². The molecule has 0 bridgehead atoms. The van der Waals surface area contributed by atoms with Crippen molar-refractivity contribution in [3.05, 3.63) is 58.1 Å². The minimum absolute atomic E-state index is 0.0709. The van der Waals surface area contributed by atoms with Gasteiger partial charge in [-0.25, -0.2) is 0 Å². The first kappa shape index (κ1) is 23.6. The molecular weight excluding hydrogens is 440 g/mol. The number of likely N-dealkylation sites (N-methyl/N-ethyl adjacent to an activating group) is 1. The molecule has 2 aliphatic rings. The van der Waals surface area contributed by atoms with E-state index < -0.39 is 0 Å². The first-order valence-corrected chi connectivity index (χ1v) is 11.8. The van der Waals surface area contributed by atoms with E-state index in [-0.39, 0.29) is 12.4 Å². The van der Waals surface area contributed by atoms with Crippen molar-refractivity contribution >= 4 is 23.5 Å². The summed E-state index contributed by atoms with van der Waals surface area (Å²) in [5.41, 5.74) is 1.92. The molecule has 2 aliphatic heterocycles. The standard InChI is InChI=1S/C26H31ClN2O4/c1-28-10-12-29(13-11-28)9-3-4-14-32-24-7-5-19(16-25(24)31-2)15-20-18-33-23-8-6-21(27)17-22(23)26(20)30/h5-8,15-17H,3-4,9-14,18H2,1-2H3. The zero-order chi connectivity index (χ0) is 23.2. The summed E-state index contributed by atoms with van der Waals surface area (Å²) in [7, 11) is 3.80. The van der Waals surface area contributed by atoms with Gasteiger partial charge in [-0.2, -0.15) is 0 Å². The average Bonchev–Trinajstić information content (AvgIpc) is 2.82. The van der Waals surface area contributed by atoms with Crippen LogP contribution in [0.4, 0.5) is 0 Å². The van der Waals surface area contributed by atoms with Gasteiger partial charge in [0, 0.05) is 36.8 Å².